The average Bonchev–Trinajstić information content (AvgIpc) is 2.66. The Bertz CT molecular complexity index is 849. The van der Waals surface area contributed by atoms with Crippen molar-refractivity contribution in [3.05, 3.63) is 45.5 Å². The van der Waals surface area contributed by atoms with E-state index in [-0.39, 0.29) is 29.6 Å². The lowest BCUT2D eigenvalue weighted by Gasteiger charge is -2.31. The van der Waals surface area contributed by atoms with Crippen LogP contribution in [0.1, 0.15) is 25.3 Å². The van der Waals surface area contributed by atoms with Gasteiger partial charge in [0.25, 0.3) is 0 Å². The van der Waals surface area contributed by atoms with E-state index in [2.05, 4.69) is 11.4 Å². The van der Waals surface area contributed by atoms with Gasteiger partial charge in [-0.3, -0.25) is 14.4 Å². The summed E-state index contributed by atoms with van der Waals surface area (Å²) in [5.74, 6) is -4.11. The highest BCUT2D eigenvalue weighted by Gasteiger charge is 2.45. The molecular weight excluding hydrogens is 404 g/mol. The van der Waals surface area contributed by atoms with Crippen molar-refractivity contribution in [2.75, 3.05) is 19.0 Å². The molecule has 1 heterocycles. The van der Waals surface area contributed by atoms with Crippen molar-refractivity contribution in [2.45, 2.75) is 19.8 Å². The molecule has 1 aromatic carbocycles. The predicted molar refractivity (Wildman–Crippen MR) is 104 cm³/mol. The number of benzene rings is 1. The third-order valence-electron chi connectivity index (χ3n) is 3.95. The maximum Gasteiger partial charge on any atom is 0.319 e. The minimum Gasteiger partial charge on any atom is -0.465 e. The number of carbonyl (C=O) groups is 3. The van der Waals surface area contributed by atoms with Gasteiger partial charge >= 0.3 is 11.9 Å². The van der Waals surface area contributed by atoms with E-state index in [1.165, 1.54) is 0 Å². The SMILES string of the molecule is CCOC(=O)CSC1=C(C#N)[C@@H](c2ccccc2Cl)[C@H](C(=O)OCC)C(=O)N1. The van der Waals surface area contributed by atoms with Crippen molar-refractivity contribution < 1.29 is 23.9 Å². The monoisotopic (exact) mass is 422 g/mol. The van der Waals surface area contributed by atoms with Crippen LogP contribution in [0.2, 0.25) is 5.02 Å². The summed E-state index contributed by atoms with van der Waals surface area (Å²) in [6.07, 6.45) is 0. The zero-order valence-electron chi connectivity index (χ0n) is 15.4. The van der Waals surface area contributed by atoms with Gasteiger partial charge in [0.2, 0.25) is 5.91 Å². The molecular formula is C19H19ClN2O5S. The van der Waals surface area contributed by atoms with E-state index in [1.54, 1.807) is 38.1 Å². The molecule has 1 aromatic rings. The van der Waals surface area contributed by atoms with Crippen LogP contribution in [0.4, 0.5) is 0 Å². The van der Waals surface area contributed by atoms with E-state index < -0.39 is 29.7 Å². The molecule has 0 spiro atoms. The second kappa shape index (κ2) is 10.2. The molecule has 0 radical (unpaired) electrons. The number of allylic oxidation sites excluding steroid dienone is 1. The number of nitriles is 1. The minimum atomic E-state index is -1.26. The van der Waals surface area contributed by atoms with E-state index in [0.717, 1.165) is 11.8 Å². The van der Waals surface area contributed by atoms with Crippen LogP contribution in [0, 0.1) is 17.2 Å². The largest absolute Gasteiger partial charge is 0.465 e. The summed E-state index contributed by atoms with van der Waals surface area (Å²) >= 11 is 7.26. The lowest BCUT2D eigenvalue weighted by atomic mass is 9.78. The van der Waals surface area contributed by atoms with Gasteiger partial charge in [0.05, 0.1) is 35.6 Å². The number of ether oxygens (including phenoxy) is 2. The Morgan fingerprint density at radius 3 is 2.54 bits per heavy atom. The first-order chi connectivity index (χ1) is 13.4. The Hall–Kier alpha value is -2.50. The van der Waals surface area contributed by atoms with E-state index in [9.17, 15) is 19.6 Å². The highest BCUT2D eigenvalue weighted by molar-refractivity contribution is 8.03. The molecule has 9 heteroatoms. The normalized spacial score (nSPS) is 18.9. The molecule has 148 valence electrons. The maximum atomic E-state index is 12.7. The van der Waals surface area contributed by atoms with Crippen LogP contribution in [-0.4, -0.2) is 36.8 Å². The third kappa shape index (κ3) is 4.86. The maximum absolute atomic E-state index is 12.7. The molecule has 1 aliphatic heterocycles. The Morgan fingerprint density at radius 2 is 1.93 bits per heavy atom. The number of esters is 2. The molecule has 0 saturated heterocycles. The summed E-state index contributed by atoms with van der Waals surface area (Å²) in [5.41, 5.74) is 0.600. The van der Waals surface area contributed by atoms with Crippen molar-refractivity contribution >= 4 is 41.2 Å². The number of hydrogen-bond acceptors (Lipinski definition) is 7. The van der Waals surface area contributed by atoms with Gasteiger partial charge in [-0.15, -0.1) is 0 Å². The molecule has 2 atom stereocenters. The fraction of sp³-hybridized carbons (Fsp3) is 0.368. The van der Waals surface area contributed by atoms with E-state index in [0.29, 0.717) is 10.6 Å². The zero-order valence-corrected chi connectivity index (χ0v) is 16.9. The van der Waals surface area contributed by atoms with Crippen molar-refractivity contribution in [3.8, 4) is 6.07 Å². The molecule has 28 heavy (non-hydrogen) atoms. The summed E-state index contributed by atoms with van der Waals surface area (Å²) < 4.78 is 9.92. The van der Waals surface area contributed by atoms with Crippen molar-refractivity contribution in [1.29, 1.82) is 5.26 Å². The first-order valence-electron chi connectivity index (χ1n) is 8.59. The van der Waals surface area contributed by atoms with Crippen LogP contribution in [0.3, 0.4) is 0 Å². The lowest BCUT2D eigenvalue weighted by Crippen LogP contribution is -2.44. The van der Waals surface area contributed by atoms with Gasteiger partial charge in [-0.05, 0) is 25.5 Å². The van der Waals surface area contributed by atoms with Gasteiger partial charge in [0.1, 0.15) is 5.92 Å². The Morgan fingerprint density at radius 1 is 1.25 bits per heavy atom. The van der Waals surface area contributed by atoms with Gasteiger partial charge < -0.3 is 14.8 Å². The number of nitrogens with one attached hydrogen (secondary N) is 1. The molecule has 0 saturated carbocycles. The quantitative estimate of drug-likeness (QED) is 0.532. The van der Waals surface area contributed by atoms with E-state index >= 15 is 0 Å². The summed E-state index contributed by atoms with van der Waals surface area (Å²) in [4.78, 5) is 36.9. The topological polar surface area (TPSA) is 105 Å². The molecule has 1 amide bonds. The minimum absolute atomic E-state index is 0.0893. The van der Waals surface area contributed by atoms with Gasteiger partial charge in [0, 0.05) is 10.9 Å². The number of rotatable bonds is 7. The third-order valence-corrected chi connectivity index (χ3v) is 5.28. The number of halogens is 1. The number of amides is 1. The number of hydrogen-bond donors (Lipinski definition) is 1. The first kappa shape index (κ1) is 21.8. The van der Waals surface area contributed by atoms with E-state index in [1.807, 2.05) is 0 Å². The van der Waals surface area contributed by atoms with Crippen LogP contribution in [0.25, 0.3) is 0 Å². The Labute approximate surface area is 172 Å². The second-order valence-corrected chi connectivity index (χ2v) is 7.06. The van der Waals surface area contributed by atoms with Crippen LogP contribution < -0.4 is 5.32 Å². The van der Waals surface area contributed by atoms with E-state index in [4.69, 9.17) is 21.1 Å². The highest BCUT2D eigenvalue weighted by Crippen LogP contribution is 2.42. The highest BCUT2D eigenvalue weighted by atomic mass is 35.5. The molecule has 0 aromatic heterocycles. The standard InChI is InChI=1S/C19H19ClN2O5S/c1-3-26-14(23)10-28-18-12(9-21)15(11-7-5-6-8-13(11)20)16(17(24)22-18)19(25)27-4-2/h5-8,15-16H,3-4,10H2,1-2H3,(H,22,24)/t15-,16+/m1/s1. The molecule has 0 bridgehead atoms. The Kier molecular flexibility index (Phi) is 7.91. The van der Waals surface area contributed by atoms with Crippen LogP contribution in [0.5, 0.6) is 0 Å². The molecule has 1 N–H and O–H groups in total. The van der Waals surface area contributed by atoms with Gasteiger partial charge in [-0.25, -0.2) is 0 Å². The molecule has 0 aliphatic carbocycles. The van der Waals surface area contributed by atoms with Crippen molar-refractivity contribution in [1.82, 2.24) is 5.32 Å². The number of nitrogens with zero attached hydrogens (tertiary/aromatic N) is 1. The van der Waals surface area contributed by atoms with Crippen molar-refractivity contribution in [2.24, 2.45) is 5.92 Å². The summed E-state index contributed by atoms with van der Waals surface area (Å²) in [6, 6.07) is 8.74. The number of carbonyl (C=O) groups excluding carboxylic acids is 3. The second-order valence-electron chi connectivity index (χ2n) is 5.67. The van der Waals surface area contributed by atoms with Crippen LogP contribution in [0.15, 0.2) is 34.9 Å². The fourth-order valence-corrected chi connectivity index (χ4v) is 3.92. The molecule has 2 rings (SSSR count). The Balaban J connectivity index is 2.51. The zero-order chi connectivity index (χ0) is 20.7. The average molecular weight is 423 g/mol. The predicted octanol–water partition coefficient (Wildman–Crippen LogP) is 2.76. The summed E-state index contributed by atoms with van der Waals surface area (Å²) in [5, 5.41) is 12.9. The molecule has 0 unspecified atom stereocenters. The van der Waals surface area contributed by atoms with Crippen LogP contribution in [-0.2, 0) is 23.9 Å². The number of thioether (sulfide) groups is 1. The van der Waals surface area contributed by atoms with Crippen molar-refractivity contribution in [3.63, 3.8) is 0 Å². The fourth-order valence-electron chi connectivity index (χ4n) is 2.82. The molecule has 1 aliphatic rings. The van der Waals surface area contributed by atoms with Gasteiger partial charge in [-0.1, -0.05) is 41.6 Å². The summed E-state index contributed by atoms with van der Waals surface area (Å²) in [6.45, 7) is 3.63. The van der Waals surface area contributed by atoms with Gasteiger partial charge in [-0.2, -0.15) is 5.26 Å². The summed E-state index contributed by atoms with van der Waals surface area (Å²) in [7, 11) is 0. The molecule has 7 nitrogen and oxygen atoms in total. The smallest absolute Gasteiger partial charge is 0.319 e. The molecule has 0 fully saturated rings. The first-order valence-corrected chi connectivity index (χ1v) is 9.95. The van der Waals surface area contributed by atoms with Gasteiger partial charge in [0.15, 0.2) is 0 Å². The lowest BCUT2D eigenvalue weighted by molar-refractivity contribution is -0.153. The van der Waals surface area contributed by atoms with Crippen LogP contribution >= 0.6 is 23.4 Å².